The van der Waals surface area contributed by atoms with Crippen molar-refractivity contribution < 1.29 is 14.3 Å². The third-order valence-electron chi connectivity index (χ3n) is 4.83. The number of carbonyl (C=O) groups excluding carboxylic acids is 2. The van der Waals surface area contributed by atoms with E-state index in [2.05, 4.69) is 5.32 Å². The van der Waals surface area contributed by atoms with E-state index >= 15 is 0 Å². The lowest BCUT2D eigenvalue weighted by molar-refractivity contribution is -0.141. The van der Waals surface area contributed by atoms with Gasteiger partial charge in [-0.25, -0.2) is 0 Å². The van der Waals surface area contributed by atoms with E-state index in [4.69, 9.17) is 27.9 Å². The first-order chi connectivity index (χ1) is 15.0. The average Bonchev–Trinajstić information content (AvgIpc) is 2.71. The van der Waals surface area contributed by atoms with Gasteiger partial charge in [0.05, 0.1) is 16.7 Å². The molecule has 1 atom stereocenters. The summed E-state index contributed by atoms with van der Waals surface area (Å²) < 4.78 is 5.73. The molecule has 0 spiro atoms. The quantitative estimate of drug-likeness (QED) is 0.463. The summed E-state index contributed by atoms with van der Waals surface area (Å²) in [5, 5.41) is 3.81. The van der Waals surface area contributed by atoms with Gasteiger partial charge in [-0.15, -0.1) is 0 Å². The number of aryl methyl sites for hydroxylation is 1. The van der Waals surface area contributed by atoms with Crippen LogP contribution in [-0.2, 0) is 16.1 Å². The number of nitrogens with one attached hydrogen (secondary N) is 1. The standard InChI is InChI=1S/C25H32Cl2N2O3/c1-17-8-11-20(12-9-17)32-14-6-7-23(30)29(18(2)24(31)28-25(3,4)5)16-19-10-13-21(26)22(27)15-19/h8-13,15,18H,6-7,14,16H2,1-5H3,(H,28,31)/t18-/m0/s1. The van der Waals surface area contributed by atoms with Crippen molar-refractivity contribution >= 4 is 35.0 Å². The zero-order valence-electron chi connectivity index (χ0n) is 19.4. The van der Waals surface area contributed by atoms with E-state index in [9.17, 15) is 9.59 Å². The second kappa shape index (κ2) is 11.6. The third-order valence-corrected chi connectivity index (χ3v) is 5.57. The normalized spacial score (nSPS) is 12.2. The Morgan fingerprint density at radius 3 is 2.31 bits per heavy atom. The van der Waals surface area contributed by atoms with Gasteiger partial charge in [-0.2, -0.15) is 0 Å². The van der Waals surface area contributed by atoms with Crippen LogP contribution >= 0.6 is 23.2 Å². The molecule has 7 heteroatoms. The molecule has 0 aliphatic heterocycles. The molecule has 1 N–H and O–H groups in total. The van der Waals surface area contributed by atoms with Crippen LogP contribution in [0.1, 0.15) is 51.7 Å². The molecule has 0 saturated heterocycles. The Kier molecular flexibility index (Phi) is 9.41. The average molecular weight is 479 g/mol. The van der Waals surface area contributed by atoms with Gasteiger partial charge in [-0.3, -0.25) is 9.59 Å². The third kappa shape index (κ3) is 8.36. The number of halogens is 2. The molecule has 2 aromatic rings. The van der Waals surface area contributed by atoms with Gasteiger partial charge in [0.25, 0.3) is 0 Å². The summed E-state index contributed by atoms with van der Waals surface area (Å²) in [5.74, 6) is 0.440. The van der Waals surface area contributed by atoms with Crippen LogP contribution in [0.2, 0.25) is 10.0 Å². The fraction of sp³-hybridized carbons (Fsp3) is 0.440. The number of rotatable bonds is 9. The van der Waals surface area contributed by atoms with E-state index in [1.165, 1.54) is 0 Å². The van der Waals surface area contributed by atoms with Crippen molar-refractivity contribution in [2.75, 3.05) is 6.61 Å². The molecule has 0 fully saturated rings. The highest BCUT2D eigenvalue weighted by atomic mass is 35.5. The van der Waals surface area contributed by atoms with Crippen molar-refractivity contribution in [3.8, 4) is 5.75 Å². The first kappa shape index (κ1) is 26.0. The fourth-order valence-electron chi connectivity index (χ4n) is 3.08. The Morgan fingerprint density at radius 1 is 1.06 bits per heavy atom. The Labute approximate surface area is 201 Å². The molecule has 2 rings (SSSR count). The van der Waals surface area contributed by atoms with Crippen LogP contribution < -0.4 is 10.1 Å². The van der Waals surface area contributed by atoms with Gasteiger partial charge in [-0.1, -0.05) is 47.0 Å². The number of carbonyl (C=O) groups is 2. The van der Waals surface area contributed by atoms with E-state index in [0.717, 1.165) is 16.9 Å². The second-order valence-electron chi connectivity index (χ2n) is 8.95. The lowest BCUT2D eigenvalue weighted by atomic mass is 10.1. The minimum absolute atomic E-state index is 0.125. The molecule has 2 amide bonds. The van der Waals surface area contributed by atoms with Gasteiger partial charge in [0.2, 0.25) is 11.8 Å². The van der Waals surface area contributed by atoms with Gasteiger partial charge in [0.15, 0.2) is 0 Å². The fourth-order valence-corrected chi connectivity index (χ4v) is 3.40. The monoisotopic (exact) mass is 478 g/mol. The van der Waals surface area contributed by atoms with Crippen LogP contribution in [0, 0.1) is 6.92 Å². The summed E-state index contributed by atoms with van der Waals surface area (Å²) in [4.78, 5) is 27.5. The Morgan fingerprint density at radius 2 is 1.72 bits per heavy atom. The van der Waals surface area contributed by atoms with Gasteiger partial charge < -0.3 is 15.0 Å². The number of nitrogens with zero attached hydrogens (tertiary/aromatic N) is 1. The van der Waals surface area contributed by atoms with Crippen LogP contribution in [0.25, 0.3) is 0 Å². The number of benzene rings is 2. The summed E-state index contributed by atoms with van der Waals surface area (Å²) in [6.45, 7) is 10.1. The molecule has 0 bridgehead atoms. The topological polar surface area (TPSA) is 58.6 Å². The number of hydrogen-bond donors (Lipinski definition) is 1. The molecule has 2 aromatic carbocycles. The molecular weight excluding hydrogens is 447 g/mol. The van der Waals surface area contributed by atoms with E-state index in [1.807, 2.05) is 58.0 Å². The molecule has 0 saturated carbocycles. The maximum Gasteiger partial charge on any atom is 0.242 e. The zero-order valence-corrected chi connectivity index (χ0v) is 20.9. The molecule has 32 heavy (non-hydrogen) atoms. The first-order valence-corrected chi connectivity index (χ1v) is 11.5. The molecule has 0 aliphatic rings. The van der Waals surface area contributed by atoms with E-state index < -0.39 is 11.6 Å². The summed E-state index contributed by atoms with van der Waals surface area (Å²) in [6, 6.07) is 12.4. The second-order valence-corrected chi connectivity index (χ2v) is 9.76. The van der Waals surface area contributed by atoms with Crippen LogP contribution in [0.4, 0.5) is 0 Å². The maximum atomic E-state index is 13.1. The van der Waals surface area contributed by atoms with E-state index in [-0.39, 0.29) is 24.8 Å². The minimum Gasteiger partial charge on any atom is -0.494 e. The van der Waals surface area contributed by atoms with Crippen LogP contribution in [-0.4, -0.2) is 34.9 Å². The van der Waals surface area contributed by atoms with E-state index in [1.54, 1.807) is 24.0 Å². The minimum atomic E-state index is -0.644. The van der Waals surface area contributed by atoms with Gasteiger partial charge >= 0.3 is 0 Å². The largest absolute Gasteiger partial charge is 0.494 e. The molecule has 0 heterocycles. The molecule has 5 nitrogen and oxygen atoms in total. The van der Waals surface area contributed by atoms with Gasteiger partial charge in [-0.05, 0) is 70.9 Å². The molecule has 0 aromatic heterocycles. The van der Waals surface area contributed by atoms with Crippen molar-refractivity contribution in [2.24, 2.45) is 0 Å². The lowest BCUT2D eigenvalue weighted by Crippen LogP contribution is -2.52. The Hall–Kier alpha value is -2.24. The van der Waals surface area contributed by atoms with Crippen LogP contribution in [0.15, 0.2) is 42.5 Å². The highest BCUT2D eigenvalue weighted by Gasteiger charge is 2.28. The SMILES string of the molecule is Cc1ccc(OCCCC(=O)N(Cc2ccc(Cl)c(Cl)c2)[C@@H](C)C(=O)NC(C)(C)C)cc1. The highest BCUT2D eigenvalue weighted by Crippen LogP contribution is 2.24. The predicted molar refractivity (Wildman–Crippen MR) is 130 cm³/mol. The molecular formula is C25H32Cl2N2O3. The smallest absolute Gasteiger partial charge is 0.242 e. The molecule has 0 aliphatic carbocycles. The van der Waals surface area contributed by atoms with Gasteiger partial charge in [0.1, 0.15) is 11.8 Å². The number of amides is 2. The Bertz CT molecular complexity index is 924. The number of hydrogen-bond acceptors (Lipinski definition) is 3. The molecule has 0 radical (unpaired) electrons. The molecule has 174 valence electrons. The van der Waals surface area contributed by atoms with Crippen molar-refractivity contribution in [1.29, 1.82) is 0 Å². The summed E-state index contributed by atoms with van der Waals surface area (Å²) in [6.07, 6.45) is 0.804. The summed E-state index contributed by atoms with van der Waals surface area (Å²) in [7, 11) is 0. The van der Waals surface area contributed by atoms with Crippen LogP contribution in [0.3, 0.4) is 0 Å². The predicted octanol–water partition coefficient (Wildman–Crippen LogP) is 5.79. The first-order valence-electron chi connectivity index (χ1n) is 10.7. The van der Waals surface area contributed by atoms with Crippen molar-refractivity contribution in [3.05, 3.63) is 63.6 Å². The Balaban J connectivity index is 2.05. The zero-order chi connectivity index (χ0) is 23.9. The molecule has 0 unspecified atom stereocenters. The van der Waals surface area contributed by atoms with Gasteiger partial charge in [0, 0.05) is 18.5 Å². The lowest BCUT2D eigenvalue weighted by Gasteiger charge is -2.31. The van der Waals surface area contributed by atoms with Crippen LogP contribution in [0.5, 0.6) is 5.75 Å². The van der Waals surface area contributed by atoms with Crippen molar-refractivity contribution in [2.45, 2.75) is 65.6 Å². The van der Waals surface area contributed by atoms with Crippen molar-refractivity contribution in [1.82, 2.24) is 10.2 Å². The van der Waals surface area contributed by atoms with E-state index in [0.29, 0.717) is 23.1 Å². The number of ether oxygens (including phenoxy) is 1. The summed E-state index contributed by atoms with van der Waals surface area (Å²) >= 11 is 12.2. The highest BCUT2D eigenvalue weighted by molar-refractivity contribution is 6.42. The summed E-state index contributed by atoms with van der Waals surface area (Å²) in [5.41, 5.74) is 1.57. The maximum absolute atomic E-state index is 13.1. The van der Waals surface area contributed by atoms with Crippen molar-refractivity contribution in [3.63, 3.8) is 0 Å².